The van der Waals surface area contributed by atoms with Gasteiger partial charge in [-0.1, -0.05) is 58.8 Å². The van der Waals surface area contributed by atoms with Crippen LogP contribution >= 0.6 is 0 Å². The molecule has 0 aromatic rings. The van der Waals surface area contributed by atoms with Crippen LogP contribution in [-0.2, 0) is 9.53 Å². The molecule has 0 unspecified atom stereocenters. The molecule has 18 heavy (non-hydrogen) atoms. The van der Waals surface area contributed by atoms with Crippen LogP contribution in [0.25, 0.3) is 0 Å². The molecule has 0 bridgehead atoms. The highest BCUT2D eigenvalue weighted by molar-refractivity contribution is 5.69. The van der Waals surface area contributed by atoms with Gasteiger partial charge in [0, 0.05) is 6.42 Å². The zero-order valence-electron chi connectivity index (χ0n) is 12.2. The van der Waals surface area contributed by atoms with Crippen molar-refractivity contribution in [1.29, 1.82) is 0 Å². The third-order valence-electron chi connectivity index (χ3n) is 3.00. The highest BCUT2D eigenvalue weighted by Gasteiger charge is 1.97. The zero-order valence-corrected chi connectivity index (χ0v) is 12.2. The number of esters is 1. The maximum atomic E-state index is 11.2. The molecule has 2 heteroatoms. The number of ether oxygens (including phenoxy) is 1. The van der Waals surface area contributed by atoms with Crippen LogP contribution in [-0.4, -0.2) is 5.97 Å². The van der Waals surface area contributed by atoms with Crippen LogP contribution in [0, 0.1) is 0 Å². The van der Waals surface area contributed by atoms with E-state index >= 15 is 0 Å². The van der Waals surface area contributed by atoms with Crippen molar-refractivity contribution >= 4 is 5.97 Å². The van der Waals surface area contributed by atoms with Crippen LogP contribution in [0.4, 0.5) is 0 Å². The van der Waals surface area contributed by atoms with E-state index in [1.165, 1.54) is 44.9 Å². The van der Waals surface area contributed by atoms with Gasteiger partial charge in [0.1, 0.15) is 0 Å². The number of hydrogen-bond acceptors (Lipinski definition) is 2. The second-order valence-electron chi connectivity index (χ2n) is 4.88. The maximum Gasteiger partial charge on any atom is 0.310 e. The summed E-state index contributed by atoms with van der Waals surface area (Å²) in [5.74, 6) is -0.104. The predicted octanol–water partition coefficient (Wildman–Crippen LogP) is 5.37. The van der Waals surface area contributed by atoms with E-state index in [4.69, 9.17) is 4.74 Å². The molecule has 0 rings (SSSR count). The smallest absolute Gasteiger partial charge is 0.310 e. The molecule has 0 aliphatic carbocycles. The Morgan fingerprint density at radius 2 is 1.50 bits per heavy atom. The van der Waals surface area contributed by atoms with Crippen molar-refractivity contribution in [3.05, 3.63) is 12.3 Å². The number of allylic oxidation sites excluding steroid dienone is 1. The minimum absolute atomic E-state index is 0.104. The van der Waals surface area contributed by atoms with E-state index in [2.05, 4.69) is 13.8 Å². The fraction of sp³-hybridized carbons (Fsp3) is 0.812. The third-order valence-corrected chi connectivity index (χ3v) is 3.00. The van der Waals surface area contributed by atoms with Gasteiger partial charge in [-0.25, -0.2) is 0 Å². The quantitative estimate of drug-likeness (QED) is 0.266. The minimum atomic E-state index is -0.104. The Morgan fingerprint density at radius 1 is 0.889 bits per heavy atom. The Balaban J connectivity index is 3.20. The molecule has 0 heterocycles. The topological polar surface area (TPSA) is 26.3 Å². The predicted molar refractivity (Wildman–Crippen MR) is 77.4 cm³/mol. The Labute approximate surface area is 113 Å². The second-order valence-corrected chi connectivity index (χ2v) is 4.88. The first-order valence-electron chi connectivity index (χ1n) is 7.65. The van der Waals surface area contributed by atoms with Gasteiger partial charge in [-0.3, -0.25) is 4.79 Å². The van der Waals surface area contributed by atoms with Crippen molar-refractivity contribution < 1.29 is 9.53 Å². The summed E-state index contributed by atoms with van der Waals surface area (Å²) < 4.78 is 4.98. The van der Waals surface area contributed by atoms with Crippen LogP contribution in [0.2, 0.25) is 0 Å². The molecule has 0 amide bonds. The van der Waals surface area contributed by atoms with Crippen LogP contribution in [0.5, 0.6) is 0 Å². The first kappa shape index (κ1) is 17.2. The van der Waals surface area contributed by atoms with Gasteiger partial charge in [-0.05, 0) is 25.3 Å². The Morgan fingerprint density at radius 3 is 2.17 bits per heavy atom. The van der Waals surface area contributed by atoms with Gasteiger partial charge >= 0.3 is 5.97 Å². The minimum Gasteiger partial charge on any atom is -0.435 e. The molecule has 0 atom stereocenters. The molecule has 0 N–H and O–H groups in total. The van der Waals surface area contributed by atoms with Gasteiger partial charge < -0.3 is 4.74 Å². The molecule has 0 saturated heterocycles. The van der Waals surface area contributed by atoms with Crippen LogP contribution in [0.3, 0.4) is 0 Å². The molecule has 0 aliphatic rings. The highest BCUT2D eigenvalue weighted by Crippen LogP contribution is 2.08. The average Bonchev–Trinajstić information content (AvgIpc) is 2.38. The van der Waals surface area contributed by atoms with Gasteiger partial charge in [0.2, 0.25) is 0 Å². The summed E-state index contributed by atoms with van der Waals surface area (Å²) in [5, 5.41) is 0. The molecule has 2 nitrogen and oxygen atoms in total. The largest absolute Gasteiger partial charge is 0.435 e. The number of carbonyl (C=O) groups is 1. The van der Waals surface area contributed by atoms with Gasteiger partial charge in [-0.2, -0.15) is 0 Å². The third kappa shape index (κ3) is 13.3. The van der Waals surface area contributed by atoms with E-state index in [-0.39, 0.29) is 5.97 Å². The van der Waals surface area contributed by atoms with E-state index in [1.807, 2.05) is 6.08 Å². The van der Waals surface area contributed by atoms with E-state index in [9.17, 15) is 4.79 Å². The fourth-order valence-electron chi connectivity index (χ4n) is 1.79. The SMILES string of the molecule is CCCCCCCCCC=COC(=O)CCCC. The van der Waals surface area contributed by atoms with Crippen molar-refractivity contribution in [2.24, 2.45) is 0 Å². The standard InChI is InChI=1S/C16H30O2/c1-3-5-7-8-9-10-11-12-13-15-18-16(17)14-6-4-2/h13,15H,3-12,14H2,1-2H3. The van der Waals surface area contributed by atoms with Crippen LogP contribution < -0.4 is 0 Å². The van der Waals surface area contributed by atoms with E-state index in [1.54, 1.807) is 6.26 Å². The van der Waals surface area contributed by atoms with Gasteiger partial charge in [-0.15, -0.1) is 0 Å². The number of unbranched alkanes of at least 4 members (excludes halogenated alkanes) is 8. The molecule has 0 radical (unpaired) electrons. The summed E-state index contributed by atoms with van der Waals surface area (Å²) in [5.41, 5.74) is 0. The second kappa shape index (κ2) is 14.3. The summed E-state index contributed by atoms with van der Waals surface area (Å²) >= 11 is 0. The van der Waals surface area contributed by atoms with E-state index in [0.717, 1.165) is 19.3 Å². The summed E-state index contributed by atoms with van der Waals surface area (Å²) in [7, 11) is 0. The van der Waals surface area contributed by atoms with Crippen LogP contribution in [0.15, 0.2) is 12.3 Å². The Kier molecular flexibility index (Phi) is 13.6. The lowest BCUT2D eigenvalue weighted by molar-refractivity contribution is -0.138. The normalized spacial score (nSPS) is 11.0. The number of carbonyl (C=O) groups excluding carboxylic acids is 1. The van der Waals surface area contributed by atoms with Crippen molar-refractivity contribution in [3.63, 3.8) is 0 Å². The molecule has 0 spiro atoms. The van der Waals surface area contributed by atoms with Crippen molar-refractivity contribution in [1.82, 2.24) is 0 Å². The Bertz CT molecular complexity index is 209. The average molecular weight is 254 g/mol. The van der Waals surface area contributed by atoms with Crippen molar-refractivity contribution in [3.8, 4) is 0 Å². The highest BCUT2D eigenvalue weighted by atomic mass is 16.5. The molecule has 0 aromatic carbocycles. The fourth-order valence-corrected chi connectivity index (χ4v) is 1.79. The summed E-state index contributed by atoms with van der Waals surface area (Å²) in [6.07, 6.45) is 16.3. The van der Waals surface area contributed by atoms with E-state index < -0.39 is 0 Å². The summed E-state index contributed by atoms with van der Waals surface area (Å²) in [6, 6.07) is 0. The van der Waals surface area contributed by atoms with Crippen LogP contribution in [0.1, 0.15) is 84.5 Å². The zero-order chi connectivity index (χ0) is 13.5. The van der Waals surface area contributed by atoms with Gasteiger partial charge in [0.05, 0.1) is 6.26 Å². The van der Waals surface area contributed by atoms with Gasteiger partial charge in [0.25, 0.3) is 0 Å². The molecular weight excluding hydrogens is 224 g/mol. The lowest BCUT2D eigenvalue weighted by Gasteiger charge is -1.99. The monoisotopic (exact) mass is 254 g/mol. The van der Waals surface area contributed by atoms with Crippen molar-refractivity contribution in [2.45, 2.75) is 84.5 Å². The summed E-state index contributed by atoms with van der Waals surface area (Å²) in [6.45, 7) is 4.32. The molecule has 0 aromatic heterocycles. The number of hydrogen-bond donors (Lipinski definition) is 0. The molecule has 0 saturated carbocycles. The lowest BCUT2D eigenvalue weighted by atomic mass is 10.1. The first-order chi connectivity index (χ1) is 8.81. The lowest BCUT2D eigenvalue weighted by Crippen LogP contribution is -1.98. The Hall–Kier alpha value is -0.790. The molecular formula is C16H30O2. The molecule has 106 valence electrons. The van der Waals surface area contributed by atoms with Crippen molar-refractivity contribution in [2.75, 3.05) is 0 Å². The maximum absolute atomic E-state index is 11.2. The number of rotatable bonds is 12. The van der Waals surface area contributed by atoms with E-state index in [0.29, 0.717) is 6.42 Å². The van der Waals surface area contributed by atoms with Gasteiger partial charge in [0.15, 0.2) is 0 Å². The first-order valence-corrected chi connectivity index (χ1v) is 7.65. The molecule has 0 aliphatic heterocycles. The summed E-state index contributed by atoms with van der Waals surface area (Å²) in [4.78, 5) is 11.2. The molecule has 0 fully saturated rings.